The highest BCUT2D eigenvalue weighted by molar-refractivity contribution is 5.71. The van der Waals surface area contributed by atoms with Crippen molar-refractivity contribution in [2.24, 2.45) is 0 Å². The van der Waals surface area contributed by atoms with Crippen LogP contribution in [-0.4, -0.2) is 26.2 Å². The van der Waals surface area contributed by atoms with Gasteiger partial charge in [0.2, 0.25) is 0 Å². The average molecular weight is 116 g/mol. The van der Waals surface area contributed by atoms with Gasteiger partial charge in [-0.25, -0.2) is 5.32 Å². The molecule has 0 atom stereocenters. The van der Waals surface area contributed by atoms with Crippen molar-refractivity contribution in [3.05, 3.63) is 0 Å². The zero-order chi connectivity index (χ0) is 6.41. The normalized spacial score (nSPS) is 8.75. The van der Waals surface area contributed by atoms with Gasteiger partial charge in [-0.15, -0.1) is 0 Å². The summed E-state index contributed by atoms with van der Waals surface area (Å²) < 4.78 is 4.55. The molecule has 0 rings (SSSR count). The van der Waals surface area contributed by atoms with E-state index in [9.17, 15) is 4.79 Å². The Bertz CT molecular complexity index is 64.8. The molecule has 8 heavy (non-hydrogen) atoms. The smallest absolute Gasteiger partial charge is 0.321 e. The number of hydrogen-bond donors (Lipinski definition) is 0. The molecule has 0 saturated heterocycles. The van der Waals surface area contributed by atoms with Crippen LogP contribution in [-0.2, 0) is 9.53 Å². The molecule has 0 spiro atoms. The van der Waals surface area contributed by atoms with E-state index in [-0.39, 0.29) is 12.5 Å². The molecule has 0 fully saturated rings. The fourth-order valence-corrected chi connectivity index (χ4v) is 0.336. The fourth-order valence-electron chi connectivity index (χ4n) is 0.336. The molecule has 3 nitrogen and oxygen atoms in total. The lowest BCUT2D eigenvalue weighted by Gasteiger charge is -1.96. The Morgan fingerprint density at radius 3 is 2.75 bits per heavy atom. The van der Waals surface area contributed by atoms with Crippen molar-refractivity contribution in [3.63, 3.8) is 0 Å². The van der Waals surface area contributed by atoms with Crippen molar-refractivity contribution >= 4 is 5.97 Å². The van der Waals surface area contributed by atoms with Crippen molar-refractivity contribution in [2.45, 2.75) is 6.92 Å². The van der Waals surface area contributed by atoms with E-state index < -0.39 is 0 Å². The summed E-state index contributed by atoms with van der Waals surface area (Å²) in [7, 11) is 1.58. The Balaban J connectivity index is 3.06. The van der Waals surface area contributed by atoms with E-state index in [0.29, 0.717) is 6.61 Å². The van der Waals surface area contributed by atoms with Crippen LogP contribution in [0.25, 0.3) is 0 Å². The van der Waals surface area contributed by atoms with Crippen molar-refractivity contribution in [2.75, 3.05) is 20.2 Å². The number of carbonyl (C=O) groups excluding carboxylic acids is 1. The van der Waals surface area contributed by atoms with E-state index >= 15 is 0 Å². The summed E-state index contributed by atoms with van der Waals surface area (Å²) in [6, 6.07) is 0. The van der Waals surface area contributed by atoms with Crippen molar-refractivity contribution < 1.29 is 9.53 Å². The predicted molar refractivity (Wildman–Crippen MR) is 29.6 cm³/mol. The second-order valence-electron chi connectivity index (χ2n) is 1.28. The van der Waals surface area contributed by atoms with Crippen molar-refractivity contribution in [1.82, 2.24) is 5.32 Å². The minimum atomic E-state index is -0.255. The van der Waals surface area contributed by atoms with E-state index in [4.69, 9.17) is 0 Å². The zero-order valence-corrected chi connectivity index (χ0v) is 5.18. The third-order valence-corrected chi connectivity index (χ3v) is 0.593. The molecule has 0 heterocycles. The Labute approximate surface area is 49.0 Å². The molecule has 0 aliphatic rings. The molecule has 1 radical (unpaired) electrons. The highest BCUT2D eigenvalue weighted by Crippen LogP contribution is 1.73. The van der Waals surface area contributed by atoms with Gasteiger partial charge in [0.1, 0.15) is 6.54 Å². The van der Waals surface area contributed by atoms with Gasteiger partial charge in [-0.1, -0.05) is 0 Å². The molecule has 0 unspecified atom stereocenters. The van der Waals surface area contributed by atoms with Gasteiger partial charge in [0.15, 0.2) is 0 Å². The SMILES string of the molecule is CCOC(=O)C[N]C. The first-order chi connectivity index (χ1) is 3.81. The van der Waals surface area contributed by atoms with Crippen LogP contribution < -0.4 is 5.32 Å². The Kier molecular flexibility index (Phi) is 4.26. The number of ether oxygens (including phenoxy) is 1. The van der Waals surface area contributed by atoms with E-state index in [1.807, 2.05) is 0 Å². The average Bonchev–Trinajstić information content (AvgIpc) is 1.68. The van der Waals surface area contributed by atoms with E-state index in [1.54, 1.807) is 14.0 Å². The first kappa shape index (κ1) is 7.43. The number of nitrogens with zero attached hydrogens (tertiary/aromatic N) is 1. The summed E-state index contributed by atoms with van der Waals surface area (Å²) >= 11 is 0. The van der Waals surface area contributed by atoms with Crippen LogP contribution in [0, 0.1) is 0 Å². The van der Waals surface area contributed by atoms with Gasteiger partial charge in [0, 0.05) is 7.05 Å². The fraction of sp³-hybridized carbons (Fsp3) is 0.800. The largest absolute Gasteiger partial charge is 0.465 e. The van der Waals surface area contributed by atoms with Crippen LogP contribution in [0.3, 0.4) is 0 Å². The zero-order valence-electron chi connectivity index (χ0n) is 5.18. The highest BCUT2D eigenvalue weighted by atomic mass is 16.5. The van der Waals surface area contributed by atoms with Crippen LogP contribution in [0.2, 0.25) is 0 Å². The molecule has 0 aromatic rings. The summed E-state index contributed by atoms with van der Waals surface area (Å²) in [6.45, 7) is 2.38. The predicted octanol–water partition coefficient (Wildman–Crippen LogP) is -0.216. The topological polar surface area (TPSA) is 40.4 Å². The summed E-state index contributed by atoms with van der Waals surface area (Å²) in [4.78, 5) is 10.3. The van der Waals surface area contributed by atoms with Crippen molar-refractivity contribution in [1.29, 1.82) is 0 Å². The van der Waals surface area contributed by atoms with E-state index in [1.165, 1.54) is 0 Å². The summed E-state index contributed by atoms with van der Waals surface area (Å²) in [5, 5.41) is 3.58. The minimum Gasteiger partial charge on any atom is -0.465 e. The molecule has 0 aromatic carbocycles. The Hall–Kier alpha value is -0.570. The van der Waals surface area contributed by atoms with Gasteiger partial charge < -0.3 is 4.74 Å². The molecule has 0 aliphatic carbocycles. The molecule has 0 aromatic heterocycles. The lowest BCUT2D eigenvalue weighted by Crippen LogP contribution is -2.15. The van der Waals surface area contributed by atoms with Crippen LogP contribution in [0.15, 0.2) is 0 Å². The molecule has 0 N–H and O–H groups in total. The number of hydrogen-bond acceptors (Lipinski definition) is 2. The molecular weight excluding hydrogens is 106 g/mol. The molecule has 0 saturated carbocycles. The van der Waals surface area contributed by atoms with Gasteiger partial charge in [-0.05, 0) is 6.92 Å². The van der Waals surface area contributed by atoms with Crippen LogP contribution in [0.5, 0.6) is 0 Å². The number of rotatable bonds is 3. The number of carbonyl (C=O) groups is 1. The van der Waals surface area contributed by atoms with Gasteiger partial charge >= 0.3 is 5.97 Å². The first-order valence-corrected chi connectivity index (χ1v) is 2.52. The lowest BCUT2D eigenvalue weighted by molar-refractivity contribution is -0.141. The second-order valence-corrected chi connectivity index (χ2v) is 1.28. The monoisotopic (exact) mass is 116 g/mol. The third-order valence-electron chi connectivity index (χ3n) is 0.593. The van der Waals surface area contributed by atoms with Crippen LogP contribution in [0.4, 0.5) is 0 Å². The summed E-state index contributed by atoms with van der Waals surface area (Å²) in [5.41, 5.74) is 0. The molecule has 0 bridgehead atoms. The number of likely N-dealkylation sites (N-methyl/N-ethyl adjacent to an activating group) is 1. The lowest BCUT2D eigenvalue weighted by atomic mass is 10.6. The highest BCUT2D eigenvalue weighted by Gasteiger charge is 1.95. The first-order valence-electron chi connectivity index (χ1n) is 2.52. The maximum atomic E-state index is 10.3. The summed E-state index contributed by atoms with van der Waals surface area (Å²) in [5.74, 6) is -0.255. The summed E-state index contributed by atoms with van der Waals surface area (Å²) in [6.07, 6.45) is 0. The molecular formula is C5H10NO2. The van der Waals surface area contributed by atoms with Crippen molar-refractivity contribution in [3.8, 4) is 0 Å². The van der Waals surface area contributed by atoms with E-state index in [0.717, 1.165) is 0 Å². The Morgan fingerprint density at radius 1 is 1.75 bits per heavy atom. The minimum absolute atomic E-state index is 0.174. The van der Waals surface area contributed by atoms with Gasteiger partial charge in [0.25, 0.3) is 0 Å². The number of esters is 1. The van der Waals surface area contributed by atoms with Gasteiger partial charge in [-0.3, -0.25) is 4.79 Å². The molecule has 0 aliphatic heterocycles. The maximum Gasteiger partial charge on any atom is 0.321 e. The van der Waals surface area contributed by atoms with Crippen LogP contribution >= 0.6 is 0 Å². The van der Waals surface area contributed by atoms with Gasteiger partial charge in [-0.2, -0.15) is 0 Å². The Morgan fingerprint density at radius 2 is 2.38 bits per heavy atom. The quantitative estimate of drug-likeness (QED) is 0.478. The molecule has 0 amide bonds. The third kappa shape index (κ3) is 3.61. The second kappa shape index (κ2) is 4.59. The molecule has 47 valence electrons. The van der Waals surface area contributed by atoms with Gasteiger partial charge in [0.05, 0.1) is 6.61 Å². The molecule has 3 heteroatoms. The maximum absolute atomic E-state index is 10.3. The van der Waals surface area contributed by atoms with E-state index in [2.05, 4.69) is 10.1 Å². The van der Waals surface area contributed by atoms with Crippen LogP contribution in [0.1, 0.15) is 6.92 Å². The standard InChI is InChI=1S/C5H10NO2/c1-3-8-5(7)4-6-2/h3-4H2,1-2H3.